The quantitative estimate of drug-likeness (QED) is 0.712. The molecule has 25 heavy (non-hydrogen) atoms. The third kappa shape index (κ3) is 9.08. The van der Waals surface area contributed by atoms with Gasteiger partial charge in [0, 0.05) is 11.9 Å². The van der Waals surface area contributed by atoms with Crippen LogP contribution in [0.2, 0.25) is 0 Å². The van der Waals surface area contributed by atoms with Crippen LogP contribution in [0.4, 0.5) is 9.93 Å². The topological polar surface area (TPSA) is 83.6 Å². The summed E-state index contributed by atoms with van der Waals surface area (Å²) in [5.74, 6) is 0.461. The van der Waals surface area contributed by atoms with Gasteiger partial charge >= 0.3 is 6.09 Å². The number of carbonyl (C=O) groups is 2. The number of thiazole rings is 1. The molecule has 0 spiro atoms. The Morgan fingerprint density at radius 1 is 1.40 bits per heavy atom. The Morgan fingerprint density at radius 2 is 2.08 bits per heavy atom. The van der Waals surface area contributed by atoms with Gasteiger partial charge in [-0.1, -0.05) is 0 Å². The van der Waals surface area contributed by atoms with Gasteiger partial charge in [-0.3, -0.25) is 4.79 Å². The molecule has 1 aromatic heterocycles. The normalized spacial score (nSPS) is 12.8. The van der Waals surface area contributed by atoms with Crippen molar-refractivity contribution >= 4 is 40.2 Å². The first-order valence-electron chi connectivity index (χ1n) is 7.99. The number of anilines is 1. The average Bonchev–Trinajstić information content (AvgIpc) is 2.87. The monoisotopic (exact) mass is 388 g/mol. The number of carbonyl (C=O) groups excluding carboxylic acids is 2. The highest BCUT2D eigenvalue weighted by Gasteiger charge is 2.24. The molecule has 0 aliphatic carbocycles. The predicted octanol–water partition coefficient (Wildman–Crippen LogP) is 2.79. The van der Waals surface area contributed by atoms with E-state index in [4.69, 9.17) is 4.74 Å². The van der Waals surface area contributed by atoms with E-state index in [1.165, 1.54) is 11.3 Å². The molecule has 1 unspecified atom stereocenters. The van der Waals surface area contributed by atoms with E-state index in [1.807, 2.05) is 30.6 Å². The molecular formula is C16H28N4O3S2. The van der Waals surface area contributed by atoms with Crippen LogP contribution in [-0.2, 0) is 16.1 Å². The van der Waals surface area contributed by atoms with Crippen molar-refractivity contribution in [1.29, 1.82) is 0 Å². The standard InChI is InChI=1S/C16H28N4O3S2/c1-16(2,3)23-15(22)18-12(7-8-24-6)13(21)19-14-17-11(10-25-14)9-20(4)5/h10,12H,7-9H2,1-6H3,(H,18,22)(H,17,19,21). The van der Waals surface area contributed by atoms with Gasteiger partial charge in [0.2, 0.25) is 5.91 Å². The van der Waals surface area contributed by atoms with Crippen LogP contribution in [0.5, 0.6) is 0 Å². The Labute approximate surface area is 157 Å². The van der Waals surface area contributed by atoms with Gasteiger partial charge in [0.25, 0.3) is 0 Å². The number of hydrogen-bond acceptors (Lipinski definition) is 7. The van der Waals surface area contributed by atoms with Gasteiger partial charge < -0.3 is 20.3 Å². The third-order valence-corrected chi connectivity index (χ3v) is 4.33. The number of thioether (sulfide) groups is 1. The number of rotatable bonds is 8. The van der Waals surface area contributed by atoms with Gasteiger partial charge in [0.05, 0.1) is 5.69 Å². The number of hydrogen-bond donors (Lipinski definition) is 2. The Balaban J connectivity index is 2.69. The molecule has 0 aromatic carbocycles. The minimum absolute atomic E-state index is 0.286. The lowest BCUT2D eigenvalue weighted by Crippen LogP contribution is -2.46. The average molecular weight is 389 g/mol. The second kappa shape index (κ2) is 9.98. The van der Waals surface area contributed by atoms with Crippen molar-refractivity contribution < 1.29 is 14.3 Å². The zero-order valence-corrected chi connectivity index (χ0v) is 17.3. The molecule has 0 saturated heterocycles. The van der Waals surface area contributed by atoms with E-state index in [9.17, 15) is 9.59 Å². The maximum absolute atomic E-state index is 12.5. The minimum Gasteiger partial charge on any atom is -0.444 e. The summed E-state index contributed by atoms with van der Waals surface area (Å²) in [6, 6.07) is -0.663. The largest absolute Gasteiger partial charge is 0.444 e. The van der Waals surface area contributed by atoms with Crippen LogP contribution in [0.25, 0.3) is 0 Å². The summed E-state index contributed by atoms with van der Waals surface area (Å²) in [4.78, 5) is 30.9. The van der Waals surface area contributed by atoms with E-state index in [2.05, 4.69) is 15.6 Å². The van der Waals surface area contributed by atoms with E-state index >= 15 is 0 Å². The van der Waals surface area contributed by atoms with E-state index in [0.29, 0.717) is 18.1 Å². The fourth-order valence-electron chi connectivity index (χ4n) is 1.91. The van der Waals surface area contributed by atoms with Crippen LogP contribution in [-0.4, -0.2) is 59.6 Å². The molecule has 2 N–H and O–H groups in total. The van der Waals surface area contributed by atoms with Crippen LogP contribution in [0.15, 0.2) is 5.38 Å². The second-order valence-corrected chi connectivity index (χ2v) is 8.70. The van der Waals surface area contributed by atoms with Crippen LogP contribution in [0, 0.1) is 0 Å². The second-order valence-electron chi connectivity index (χ2n) is 6.85. The molecule has 0 aliphatic heterocycles. The molecule has 9 heteroatoms. The summed E-state index contributed by atoms with van der Waals surface area (Å²) in [6.45, 7) is 6.06. The van der Waals surface area contributed by atoms with E-state index in [0.717, 1.165) is 11.4 Å². The fraction of sp³-hybridized carbons (Fsp3) is 0.688. The van der Waals surface area contributed by atoms with Crippen molar-refractivity contribution in [3.63, 3.8) is 0 Å². The van der Waals surface area contributed by atoms with Gasteiger partial charge in [-0.25, -0.2) is 9.78 Å². The van der Waals surface area contributed by atoms with E-state index < -0.39 is 17.7 Å². The molecule has 0 bridgehead atoms. The lowest BCUT2D eigenvalue weighted by Gasteiger charge is -2.23. The van der Waals surface area contributed by atoms with Gasteiger partial charge in [-0.05, 0) is 53.3 Å². The van der Waals surface area contributed by atoms with Crippen LogP contribution < -0.4 is 10.6 Å². The fourth-order valence-corrected chi connectivity index (χ4v) is 3.08. The maximum Gasteiger partial charge on any atom is 0.408 e. The highest BCUT2D eigenvalue weighted by molar-refractivity contribution is 7.98. The van der Waals surface area contributed by atoms with Gasteiger partial charge in [-0.2, -0.15) is 11.8 Å². The number of alkyl carbamates (subject to hydrolysis) is 1. The summed E-state index contributed by atoms with van der Waals surface area (Å²) in [6.07, 6.45) is 1.88. The molecule has 1 heterocycles. The van der Waals surface area contributed by atoms with Crippen molar-refractivity contribution in [2.24, 2.45) is 0 Å². The lowest BCUT2D eigenvalue weighted by molar-refractivity contribution is -0.118. The summed E-state index contributed by atoms with van der Waals surface area (Å²) in [5.41, 5.74) is 0.284. The first kappa shape index (κ1) is 21.7. The third-order valence-electron chi connectivity index (χ3n) is 2.88. The molecule has 1 aromatic rings. The van der Waals surface area contributed by atoms with Crippen LogP contribution in [0.3, 0.4) is 0 Å². The summed E-state index contributed by atoms with van der Waals surface area (Å²) < 4.78 is 5.24. The minimum atomic E-state index is -0.663. The summed E-state index contributed by atoms with van der Waals surface area (Å²) in [7, 11) is 3.92. The molecular weight excluding hydrogens is 360 g/mol. The molecule has 0 radical (unpaired) electrons. The highest BCUT2D eigenvalue weighted by Crippen LogP contribution is 2.17. The molecule has 1 rings (SSSR count). The molecule has 0 fully saturated rings. The molecule has 0 saturated carbocycles. The Kier molecular flexibility index (Phi) is 8.67. The van der Waals surface area contributed by atoms with Crippen molar-refractivity contribution in [3.8, 4) is 0 Å². The van der Waals surface area contributed by atoms with Gasteiger partial charge in [0.15, 0.2) is 5.13 Å². The molecule has 142 valence electrons. The van der Waals surface area contributed by atoms with Crippen molar-refractivity contribution in [1.82, 2.24) is 15.2 Å². The Morgan fingerprint density at radius 3 is 2.64 bits per heavy atom. The smallest absolute Gasteiger partial charge is 0.408 e. The molecule has 7 nitrogen and oxygen atoms in total. The number of aromatic nitrogens is 1. The Hall–Kier alpha value is -1.32. The predicted molar refractivity (Wildman–Crippen MR) is 104 cm³/mol. The zero-order chi connectivity index (χ0) is 19.0. The van der Waals surface area contributed by atoms with Crippen molar-refractivity contribution in [2.75, 3.05) is 31.4 Å². The number of nitrogens with one attached hydrogen (secondary N) is 2. The maximum atomic E-state index is 12.5. The lowest BCUT2D eigenvalue weighted by atomic mass is 10.2. The van der Waals surface area contributed by atoms with Crippen LogP contribution >= 0.6 is 23.1 Å². The van der Waals surface area contributed by atoms with Gasteiger partial charge in [-0.15, -0.1) is 11.3 Å². The SMILES string of the molecule is CSCCC(NC(=O)OC(C)(C)C)C(=O)Nc1nc(CN(C)C)cs1. The molecule has 0 aliphatic rings. The Bertz CT molecular complexity index is 570. The molecule has 2 amide bonds. The summed E-state index contributed by atoms with van der Waals surface area (Å²) in [5, 5.41) is 7.87. The number of amides is 2. The highest BCUT2D eigenvalue weighted by atomic mass is 32.2. The summed E-state index contributed by atoms with van der Waals surface area (Å²) >= 11 is 2.99. The van der Waals surface area contributed by atoms with Crippen molar-refractivity contribution in [2.45, 2.75) is 45.4 Å². The van der Waals surface area contributed by atoms with Gasteiger partial charge in [0.1, 0.15) is 11.6 Å². The first-order chi connectivity index (χ1) is 11.6. The zero-order valence-electron chi connectivity index (χ0n) is 15.7. The van der Waals surface area contributed by atoms with Crippen molar-refractivity contribution in [3.05, 3.63) is 11.1 Å². The molecule has 1 atom stereocenters. The first-order valence-corrected chi connectivity index (χ1v) is 10.3. The number of ether oxygens (including phenoxy) is 1. The number of nitrogens with zero attached hydrogens (tertiary/aromatic N) is 2. The van der Waals surface area contributed by atoms with E-state index in [1.54, 1.807) is 32.5 Å². The van der Waals surface area contributed by atoms with Crippen LogP contribution in [0.1, 0.15) is 32.9 Å². The van der Waals surface area contributed by atoms with E-state index in [-0.39, 0.29) is 5.91 Å².